The Morgan fingerprint density at radius 2 is 1.65 bits per heavy atom. The highest BCUT2D eigenvalue weighted by atomic mass is 32.3. The monoisotopic (exact) mass is 480 g/mol. The molecule has 3 aromatic carbocycles. The van der Waals surface area contributed by atoms with Crippen molar-refractivity contribution in [3.63, 3.8) is 0 Å². The van der Waals surface area contributed by atoms with Gasteiger partial charge in [0.25, 0.3) is 0 Å². The van der Waals surface area contributed by atoms with Gasteiger partial charge in [-0.3, -0.25) is 4.18 Å². The Labute approximate surface area is 197 Å². The van der Waals surface area contributed by atoms with Gasteiger partial charge in [-0.25, -0.2) is 17.6 Å². The van der Waals surface area contributed by atoms with E-state index in [1.807, 2.05) is 24.3 Å². The molecule has 9 heteroatoms. The number of hydrogen-bond donors (Lipinski definition) is 0. The van der Waals surface area contributed by atoms with Crippen LogP contribution >= 0.6 is 0 Å². The maximum atomic E-state index is 9.22. The number of methoxy groups -OCH3 is 1. The van der Waals surface area contributed by atoms with Crippen molar-refractivity contribution in [1.82, 2.24) is 4.57 Å². The number of imidazole rings is 1. The molecule has 0 amide bonds. The molecule has 0 unspecified atom stereocenters. The molecular weight excluding hydrogens is 456 g/mol. The lowest BCUT2D eigenvalue weighted by Crippen LogP contribution is -2.30. The first-order valence-corrected chi connectivity index (χ1v) is 11.7. The van der Waals surface area contributed by atoms with Crippen LogP contribution in [0.25, 0.3) is 33.6 Å². The van der Waals surface area contributed by atoms with Crippen LogP contribution in [0.1, 0.15) is 5.56 Å². The van der Waals surface area contributed by atoms with E-state index >= 15 is 0 Å². The van der Waals surface area contributed by atoms with Crippen molar-refractivity contribution >= 4 is 32.4 Å². The molecule has 0 bridgehead atoms. The van der Waals surface area contributed by atoms with Gasteiger partial charge < -0.3 is 13.7 Å². The third-order valence-electron chi connectivity index (χ3n) is 5.44. The van der Waals surface area contributed by atoms with E-state index in [1.165, 1.54) is 16.6 Å². The number of benzene rings is 3. The largest absolute Gasteiger partial charge is 0.726 e. The van der Waals surface area contributed by atoms with Gasteiger partial charge in [0.15, 0.2) is 11.0 Å². The van der Waals surface area contributed by atoms with Crippen molar-refractivity contribution in [2.45, 2.75) is 6.54 Å². The van der Waals surface area contributed by atoms with Crippen LogP contribution in [0.4, 0.5) is 0 Å². The summed E-state index contributed by atoms with van der Waals surface area (Å²) in [4.78, 5) is 0. The van der Waals surface area contributed by atoms with E-state index < -0.39 is 10.4 Å². The van der Waals surface area contributed by atoms with Gasteiger partial charge in [-0.2, -0.15) is 0 Å². The van der Waals surface area contributed by atoms with Crippen LogP contribution < -0.4 is 9.30 Å². The Kier molecular flexibility index (Phi) is 6.69. The Morgan fingerprint density at radius 1 is 0.971 bits per heavy atom. The van der Waals surface area contributed by atoms with Crippen molar-refractivity contribution < 1.29 is 30.9 Å². The van der Waals surface area contributed by atoms with Crippen molar-refractivity contribution in [3.05, 3.63) is 84.4 Å². The molecule has 0 fully saturated rings. The van der Waals surface area contributed by atoms with Gasteiger partial charge in [-0.15, -0.1) is 0 Å². The van der Waals surface area contributed by atoms with E-state index in [0.717, 1.165) is 42.0 Å². The van der Waals surface area contributed by atoms with Crippen molar-refractivity contribution in [1.29, 1.82) is 0 Å². The number of aromatic nitrogens is 2. The van der Waals surface area contributed by atoms with E-state index in [2.05, 4.69) is 75.0 Å². The molecule has 8 nitrogen and oxygen atoms in total. The molecule has 0 N–H and O–H groups in total. The molecule has 0 aliphatic carbocycles. The number of rotatable bonds is 5. The SMILES string of the molecule is COS(=O)(=O)[O-].COc1ccc2cc(-c3n(Cc4ccccc4)c4ccccc4[n+]3C)oc2c1. The minimum Gasteiger partial charge on any atom is -0.726 e. The van der Waals surface area contributed by atoms with E-state index in [1.54, 1.807) is 7.11 Å². The zero-order valence-electron chi connectivity index (χ0n) is 19.0. The molecule has 2 heterocycles. The molecule has 0 radical (unpaired) electrons. The number of ether oxygens (including phenoxy) is 1. The molecule has 0 spiro atoms. The third-order valence-corrected chi connectivity index (χ3v) is 5.85. The third kappa shape index (κ3) is 4.96. The summed E-state index contributed by atoms with van der Waals surface area (Å²) in [7, 11) is 0.155. The van der Waals surface area contributed by atoms with Crippen molar-refractivity contribution in [2.75, 3.05) is 14.2 Å². The van der Waals surface area contributed by atoms with Gasteiger partial charge in [0.2, 0.25) is 16.2 Å². The molecule has 0 atom stereocenters. The van der Waals surface area contributed by atoms with Crippen molar-refractivity contribution in [3.8, 4) is 17.3 Å². The van der Waals surface area contributed by atoms with E-state index in [4.69, 9.17) is 9.15 Å². The maximum Gasteiger partial charge on any atom is 0.326 e. The van der Waals surface area contributed by atoms with E-state index in [9.17, 15) is 13.0 Å². The standard InChI is InChI=1S/C24H21N2O2.CH4O4S/c1-25-20-10-6-7-11-21(20)26(16-17-8-4-3-5-9-17)24(25)23-14-18-12-13-19(27-2)15-22(18)28-23;1-5-6(2,3)4/h3-15H,16H2,1-2H3;1H3,(H,2,3,4)/q+1;/p-1. The highest BCUT2D eigenvalue weighted by Gasteiger charge is 2.27. The quantitative estimate of drug-likeness (QED) is 0.214. The van der Waals surface area contributed by atoms with Crippen LogP contribution in [0.3, 0.4) is 0 Å². The molecule has 2 aromatic heterocycles. The fraction of sp³-hybridized carbons (Fsp3) is 0.160. The topological polar surface area (TPSA) is 97.6 Å². The number of nitrogens with zero attached hydrogens (tertiary/aromatic N) is 2. The summed E-state index contributed by atoms with van der Waals surface area (Å²) >= 11 is 0. The molecule has 176 valence electrons. The van der Waals surface area contributed by atoms with Gasteiger partial charge in [0, 0.05) is 17.5 Å². The number of fused-ring (bicyclic) bond motifs is 2. The summed E-state index contributed by atoms with van der Waals surface area (Å²) in [5, 5.41) is 1.06. The predicted molar refractivity (Wildman–Crippen MR) is 127 cm³/mol. The minimum absolute atomic E-state index is 0.776. The van der Waals surface area contributed by atoms with E-state index in [-0.39, 0.29) is 0 Å². The Bertz CT molecular complexity index is 1540. The first kappa shape index (κ1) is 23.5. The first-order chi connectivity index (χ1) is 16.3. The second-order valence-electron chi connectivity index (χ2n) is 7.53. The number of hydrogen-bond acceptors (Lipinski definition) is 6. The van der Waals surface area contributed by atoms with Gasteiger partial charge in [-0.1, -0.05) is 42.5 Å². The average molecular weight is 481 g/mol. The molecule has 0 aliphatic heterocycles. The summed E-state index contributed by atoms with van der Waals surface area (Å²) in [6.07, 6.45) is 0. The van der Waals surface area contributed by atoms with Crippen LogP contribution in [0, 0.1) is 0 Å². The fourth-order valence-corrected chi connectivity index (χ4v) is 3.86. The smallest absolute Gasteiger partial charge is 0.326 e. The van der Waals surface area contributed by atoms with Crippen LogP contribution in [0.2, 0.25) is 0 Å². The summed E-state index contributed by atoms with van der Waals surface area (Å²) in [5.41, 5.74) is 4.43. The normalized spacial score (nSPS) is 11.4. The lowest BCUT2D eigenvalue weighted by Gasteiger charge is -2.02. The lowest BCUT2D eigenvalue weighted by molar-refractivity contribution is -0.634. The van der Waals surface area contributed by atoms with Crippen LogP contribution in [0.5, 0.6) is 5.75 Å². The number of aryl methyl sites for hydroxylation is 1. The van der Waals surface area contributed by atoms with Gasteiger partial charge in [0.1, 0.15) is 17.9 Å². The Hall–Kier alpha value is -3.66. The van der Waals surface area contributed by atoms with E-state index in [0.29, 0.717) is 0 Å². The summed E-state index contributed by atoms with van der Waals surface area (Å²) in [6.45, 7) is 0.776. The lowest BCUT2D eigenvalue weighted by atomic mass is 10.2. The molecular formula is C25H24N2O6S. The number of para-hydroxylation sites is 2. The zero-order valence-corrected chi connectivity index (χ0v) is 19.8. The second kappa shape index (κ2) is 9.68. The van der Waals surface area contributed by atoms with Crippen LogP contribution in [0.15, 0.2) is 83.3 Å². The predicted octanol–water partition coefficient (Wildman–Crippen LogP) is 4.03. The summed E-state index contributed by atoms with van der Waals surface area (Å²) in [6, 6.07) is 27.0. The van der Waals surface area contributed by atoms with Crippen LogP contribution in [-0.4, -0.2) is 31.8 Å². The number of furan rings is 1. The fourth-order valence-electron chi connectivity index (χ4n) is 3.86. The first-order valence-electron chi connectivity index (χ1n) is 10.4. The maximum absolute atomic E-state index is 9.22. The highest BCUT2D eigenvalue weighted by Crippen LogP contribution is 2.31. The summed E-state index contributed by atoms with van der Waals surface area (Å²) in [5.74, 6) is 2.68. The minimum atomic E-state index is -4.41. The molecule has 0 saturated carbocycles. The van der Waals surface area contributed by atoms with Crippen LogP contribution in [-0.2, 0) is 28.2 Å². The molecule has 5 aromatic rings. The van der Waals surface area contributed by atoms with Crippen molar-refractivity contribution in [2.24, 2.45) is 7.05 Å². The molecule has 0 saturated heterocycles. The molecule has 5 rings (SSSR count). The van der Waals surface area contributed by atoms with Gasteiger partial charge in [0.05, 0.1) is 21.3 Å². The molecule has 34 heavy (non-hydrogen) atoms. The Balaban J connectivity index is 0.000000408. The average Bonchev–Trinajstić information content (AvgIpc) is 3.38. The highest BCUT2D eigenvalue weighted by molar-refractivity contribution is 7.80. The Morgan fingerprint density at radius 3 is 2.32 bits per heavy atom. The van der Waals surface area contributed by atoms with Gasteiger partial charge >= 0.3 is 5.82 Å². The molecule has 0 aliphatic rings. The summed E-state index contributed by atoms with van der Waals surface area (Å²) < 4.78 is 47.1. The second-order valence-corrected chi connectivity index (χ2v) is 8.68. The van der Waals surface area contributed by atoms with Gasteiger partial charge in [-0.05, 0) is 29.8 Å². The zero-order chi connectivity index (χ0) is 24.3.